The molecule has 74 valence electrons. The normalized spacial score (nSPS) is 10.9. The van der Waals surface area contributed by atoms with Crippen LogP contribution in [0.4, 0.5) is 0 Å². The van der Waals surface area contributed by atoms with Crippen molar-refractivity contribution < 1.29 is 0 Å². The maximum atomic E-state index is 5.10. The first-order chi connectivity index (χ1) is 7.34. The number of fused-ring (bicyclic) bond motifs is 1. The lowest BCUT2D eigenvalue weighted by Crippen LogP contribution is -1.91. The van der Waals surface area contributed by atoms with Crippen LogP contribution in [0.15, 0.2) is 30.0 Å². The van der Waals surface area contributed by atoms with Crippen LogP contribution in [0.3, 0.4) is 0 Å². The Hall–Kier alpha value is -1.53. The largest absolute Gasteiger partial charge is 0.275 e. The smallest absolute Gasteiger partial charge is 0.199 e. The Morgan fingerprint density at radius 3 is 3.13 bits per heavy atom. The second kappa shape index (κ2) is 3.25. The maximum Gasteiger partial charge on any atom is 0.199 e. The quantitative estimate of drug-likeness (QED) is 0.658. The van der Waals surface area contributed by atoms with Crippen LogP contribution in [0, 0.1) is 4.77 Å². The van der Waals surface area contributed by atoms with E-state index in [2.05, 4.69) is 21.2 Å². The first-order valence-corrected chi connectivity index (χ1v) is 5.59. The second-order valence-corrected chi connectivity index (χ2v) is 4.31. The molecule has 0 saturated heterocycles. The Morgan fingerprint density at radius 1 is 1.40 bits per heavy atom. The van der Waals surface area contributed by atoms with Gasteiger partial charge in [0.1, 0.15) is 6.33 Å². The predicted octanol–water partition coefficient (Wildman–Crippen LogP) is 2.54. The fourth-order valence-electron chi connectivity index (χ4n) is 1.43. The van der Waals surface area contributed by atoms with Crippen LogP contribution in [0.1, 0.15) is 0 Å². The molecule has 2 aromatic heterocycles. The molecule has 0 radical (unpaired) electrons. The number of thiazole rings is 1. The van der Waals surface area contributed by atoms with E-state index in [-0.39, 0.29) is 0 Å². The van der Waals surface area contributed by atoms with Crippen molar-refractivity contribution in [1.29, 1.82) is 0 Å². The van der Waals surface area contributed by atoms with Crippen molar-refractivity contribution in [2.24, 2.45) is 0 Å². The summed E-state index contributed by atoms with van der Waals surface area (Å²) in [5, 5.41) is 6.61. The van der Waals surface area contributed by atoms with Crippen molar-refractivity contribution in [2.45, 2.75) is 0 Å². The van der Waals surface area contributed by atoms with Crippen molar-refractivity contribution in [3.63, 3.8) is 0 Å². The van der Waals surface area contributed by atoms with Gasteiger partial charge in [-0.15, -0.1) is 11.3 Å². The van der Waals surface area contributed by atoms with Gasteiger partial charge < -0.3 is 0 Å². The van der Waals surface area contributed by atoms with E-state index in [9.17, 15) is 0 Å². The molecular weight excluding hydrogens is 228 g/mol. The number of hydrogen-bond acceptors (Lipinski definition) is 4. The molecule has 2 heterocycles. The lowest BCUT2D eigenvalue weighted by molar-refractivity contribution is 1.03. The van der Waals surface area contributed by atoms with Gasteiger partial charge in [-0.1, -0.05) is 0 Å². The standard InChI is InChI=1S/C9H6N4S2/c14-9-12-11-4-13(9)6-1-2-7-8(3-6)15-5-10-7/h1-5H,(H,12,14). The minimum atomic E-state index is 0.596. The zero-order valence-corrected chi connectivity index (χ0v) is 9.18. The summed E-state index contributed by atoms with van der Waals surface area (Å²) in [6.07, 6.45) is 1.67. The molecule has 3 aromatic rings. The Balaban J connectivity index is 2.28. The van der Waals surface area contributed by atoms with Crippen molar-refractivity contribution in [1.82, 2.24) is 19.7 Å². The molecule has 3 rings (SSSR count). The zero-order chi connectivity index (χ0) is 10.3. The SMILES string of the molecule is S=c1[nH]ncn1-c1ccc2ncsc2c1. The Kier molecular flexibility index (Phi) is 1.90. The van der Waals surface area contributed by atoms with E-state index < -0.39 is 0 Å². The molecule has 0 atom stereocenters. The molecule has 15 heavy (non-hydrogen) atoms. The van der Waals surface area contributed by atoms with E-state index in [1.54, 1.807) is 17.7 Å². The van der Waals surface area contributed by atoms with E-state index in [1.165, 1.54) is 0 Å². The molecule has 1 aromatic carbocycles. The summed E-state index contributed by atoms with van der Waals surface area (Å²) in [5.74, 6) is 0. The van der Waals surface area contributed by atoms with Crippen LogP contribution in [0.5, 0.6) is 0 Å². The first kappa shape index (κ1) is 8.75. The van der Waals surface area contributed by atoms with Crippen molar-refractivity contribution >= 4 is 33.8 Å². The molecule has 0 aliphatic rings. The number of nitrogens with zero attached hydrogens (tertiary/aromatic N) is 3. The third kappa shape index (κ3) is 1.38. The topological polar surface area (TPSA) is 46.5 Å². The highest BCUT2D eigenvalue weighted by atomic mass is 32.1. The molecule has 0 aliphatic heterocycles. The highest BCUT2D eigenvalue weighted by Gasteiger charge is 2.01. The minimum absolute atomic E-state index is 0.596. The molecule has 6 heteroatoms. The van der Waals surface area contributed by atoms with Crippen molar-refractivity contribution in [3.8, 4) is 5.69 Å². The van der Waals surface area contributed by atoms with Gasteiger partial charge in [-0.3, -0.25) is 9.67 Å². The third-order valence-electron chi connectivity index (χ3n) is 2.15. The molecule has 0 spiro atoms. The van der Waals surface area contributed by atoms with Gasteiger partial charge >= 0.3 is 0 Å². The van der Waals surface area contributed by atoms with Gasteiger partial charge in [0.15, 0.2) is 4.77 Å². The summed E-state index contributed by atoms with van der Waals surface area (Å²) in [7, 11) is 0. The van der Waals surface area contributed by atoms with E-state index in [0.717, 1.165) is 15.9 Å². The van der Waals surface area contributed by atoms with Crippen LogP contribution < -0.4 is 0 Å². The maximum absolute atomic E-state index is 5.10. The van der Waals surface area contributed by atoms with Gasteiger partial charge in [0.2, 0.25) is 0 Å². The molecular formula is C9H6N4S2. The molecule has 0 amide bonds. The van der Waals surface area contributed by atoms with Crippen LogP contribution in [0.2, 0.25) is 0 Å². The minimum Gasteiger partial charge on any atom is -0.275 e. The number of hydrogen-bond donors (Lipinski definition) is 1. The van der Waals surface area contributed by atoms with Gasteiger partial charge in [0, 0.05) is 0 Å². The molecule has 0 unspecified atom stereocenters. The number of rotatable bonds is 1. The Morgan fingerprint density at radius 2 is 2.33 bits per heavy atom. The lowest BCUT2D eigenvalue weighted by Gasteiger charge is -1.99. The summed E-state index contributed by atoms with van der Waals surface area (Å²) in [6.45, 7) is 0. The van der Waals surface area contributed by atoms with Crippen LogP contribution in [-0.2, 0) is 0 Å². The number of benzene rings is 1. The summed E-state index contributed by atoms with van der Waals surface area (Å²) in [6, 6.07) is 6.02. The molecule has 4 nitrogen and oxygen atoms in total. The van der Waals surface area contributed by atoms with E-state index in [4.69, 9.17) is 12.2 Å². The van der Waals surface area contributed by atoms with Gasteiger partial charge in [-0.2, -0.15) is 5.10 Å². The first-order valence-electron chi connectivity index (χ1n) is 4.30. The predicted molar refractivity (Wildman–Crippen MR) is 61.9 cm³/mol. The number of aromatic nitrogens is 4. The third-order valence-corrected chi connectivity index (χ3v) is 3.22. The number of nitrogens with one attached hydrogen (secondary N) is 1. The molecule has 1 N–H and O–H groups in total. The van der Waals surface area contributed by atoms with Crippen LogP contribution >= 0.6 is 23.6 Å². The summed E-state index contributed by atoms with van der Waals surface area (Å²) in [5.41, 5.74) is 3.85. The van der Waals surface area contributed by atoms with Crippen LogP contribution in [0.25, 0.3) is 15.9 Å². The summed E-state index contributed by atoms with van der Waals surface area (Å²) in [4.78, 5) is 4.22. The fourth-order valence-corrected chi connectivity index (χ4v) is 2.34. The summed E-state index contributed by atoms with van der Waals surface area (Å²) >= 11 is 6.72. The highest BCUT2D eigenvalue weighted by molar-refractivity contribution is 7.71. The van der Waals surface area contributed by atoms with E-state index in [1.807, 2.05) is 22.2 Å². The van der Waals surface area contributed by atoms with Crippen molar-refractivity contribution in [3.05, 3.63) is 34.8 Å². The zero-order valence-electron chi connectivity index (χ0n) is 7.54. The van der Waals surface area contributed by atoms with Gasteiger partial charge in [0.25, 0.3) is 0 Å². The Labute approximate surface area is 94.2 Å². The molecule has 0 fully saturated rings. The van der Waals surface area contributed by atoms with Crippen LogP contribution in [-0.4, -0.2) is 19.7 Å². The molecule has 0 saturated carbocycles. The molecule has 0 aliphatic carbocycles. The molecule has 0 bridgehead atoms. The van der Waals surface area contributed by atoms with E-state index >= 15 is 0 Å². The van der Waals surface area contributed by atoms with E-state index in [0.29, 0.717) is 4.77 Å². The highest BCUT2D eigenvalue weighted by Crippen LogP contribution is 2.21. The number of aromatic amines is 1. The van der Waals surface area contributed by atoms with Crippen molar-refractivity contribution in [2.75, 3.05) is 0 Å². The number of H-pyrrole nitrogens is 1. The Bertz CT molecular complexity index is 664. The lowest BCUT2D eigenvalue weighted by atomic mass is 10.3. The average molecular weight is 234 g/mol. The fraction of sp³-hybridized carbons (Fsp3) is 0. The monoisotopic (exact) mass is 234 g/mol. The second-order valence-electron chi connectivity index (χ2n) is 3.04. The average Bonchev–Trinajstić information content (AvgIpc) is 2.84. The summed E-state index contributed by atoms with van der Waals surface area (Å²) < 4.78 is 3.57. The van der Waals surface area contributed by atoms with Gasteiger partial charge in [0.05, 0.1) is 21.4 Å². The van der Waals surface area contributed by atoms with Gasteiger partial charge in [-0.25, -0.2) is 4.98 Å². The van der Waals surface area contributed by atoms with Gasteiger partial charge in [-0.05, 0) is 30.4 Å².